The number of rotatable bonds is 4. The number of amides is 1. The van der Waals surface area contributed by atoms with E-state index in [0.717, 1.165) is 0 Å². The molecule has 2 heterocycles. The van der Waals surface area contributed by atoms with Gasteiger partial charge >= 0.3 is 0 Å². The molecule has 1 amide bonds. The Kier molecular flexibility index (Phi) is 4.36. The Morgan fingerprint density at radius 2 is 2.05 bits per heavy atom. The summed E-state index contributed by atoms with van der Waals surface area (Å²) in [6, 6.07) is 1.29. The molecule has 0 fully saturated rings. The third kappa shape index (κ3) is 3.28. The first-order valence-corrected chi connectivity index (χ1v) is 6.40. The largest absolute Gasteiger partial charge is 0.368 e. The molecule has 21 heavy (non-hydrogen) atoms. The number of carbonyl (C=O) groups excluding carboxylic acids is 1. The minimum atomic E-state index is -0.714. The van der Waals surface area contributed by atoms with Crippen LogP contribution in [-0.4, -0.2) is 32.6 Å². The van der Waals surface area contributed by atoms with Gasteiger partial charge in [-0.3, -0.25) is 10.1 Å². The van der Waals surface area contributed by atoms with Gasteiger partial charge in [0.1, 0.15) is 0 Å². The number of hydrogen-bond acceptors (Lipinski definition) is 6. The minimum absolute atomic E-state index is 0.0317. The number of nitrogens with one attached hydrogen (secondary N) is 2. The van der Waals surface area contributed by atoms with Gasteiger partial charge in [0, 0.05) is 12.7 Å². The summed E-state index contributed by atoms with van der Waals surface area (Å²) in [5, 5.41) is 12.8. The van der Waals surface area contributed by atoms with Crippen molar-refractivity contribution in [1.82, 2.24) is 20.2 Å². The molecule has 0 aliphatic carbocycles. The third-order valence-electron chi connectivity index (χ3n) is 2.80. The molecule has 2 rings (SSSR count). The lowest BCUT2D eigenvalue weighted by molar-refractivity contribution is 0.102. The number of anilines is 2. The summed E-state index contributed by atoms with van der Waals surface area (Å²) in [6.07, 6.45) is 1.36. The van der Waals surface area contributed by atoms with Crippen LogP contribution in [0, 0.1) is 19.7 Å². The number of pyridine rings is 1. The van der Waals surface area contributed by atoms with Crippen LogP contribution in [0.1, 0.15) is 28.7 Å². The molecule has 2 N–H and O–H groups in total. The molecule has 0 spiro atoms. The highest BCUT2D eigenvalue weighted by Gasteiger charge is 2.17. The lowest BCUT2D eigenvalue weighted by atomic mass is 10.2. The van der Waals surface area contributed by atoms with Crippen LogP contribution in [0.25, 0.3) is 0 Å². The zero-order valence-electron chi connectivity index (χ0n) is 11.9. The van der Waals surface area contributed by atoms with E-state index in [1.54, 1.807) is 13.8 Å². The highest BCUT2D eigenvalue weighted by atomic mass is 19.1. The smallest absolute Gasteiger partial charge is 0.261 e. The molecule has 2 aromatic heterocycles. The average Bonchev–Trinajstić information content (AvgIpc) is 2.45. The van der Waals surface area contributed by atoms with E-state index in [2.05, 4.69) is 30.8 Å². The maximum Gasteiger partial charge on any atom is 0.261 e. The van der Waals surface area contributed by atoms with Crippen molar-refractivity contribution in [3.63, 3.8) is 0 Å². The second-order valence-corrected chi connectivity index (χ2v) is 4.31. The van der Waals surface area contributed by atoms with Crippen molar-refractivity contribution in [2.75, 3.05) is 17.2 Å². The average molecular weight is 290 g/mol. The van der Waals surface area contributed by atoms with E-state index in [1.807, 2.05) is 6.92 Å². The molecule has 0 radical (unpaired) electrons. The topological polar surface area (TPSA) is 92.7 Å². The Hall–Kier alpha value is -2.64. The molecule has 0 aliphatic heterocycles. The van der Waals surface area contributed by atoms with Crippen molar-refractivity contribution in [3.05, 3.63) is 35.0 Å². The van der Waals surface area contributed by atoms with E-state index >= 15 is 0 Å². The van der Waals surface area contributed by atoms with Crippen LogP contribution in [0.2, 0.25) is 0 Å². The van der Waals surface area contributed by atoms with Gasteiger partial charge in [-0.25, -0.2) is 14.4 Å². The van der Waals surface area contributed by atoms with Crippen LogP contribution in [0.5, 0.6) is 0 Å². The molecule has 0 atom stereocenters. The number of halogens is 1. The van der Waals surface area contributed by atoms with Crippen LogP contribution >= 0.6 is 0 Å². The monoisotopic (exact) mass is 290 g/mol. The fourth-order valence-corrected chi connectivity index (χ4v) is 1.59. The molecular weight excluding hydrogens is 275 g/mol. The van der Waals surface area contributed by atoms with Gasteiger partial charge in [0.2, 0.25) is 5.95 Å². The lowest BCUT2D eigenvalue weighted by Crippen LogP contribution is -2.18. The number of carbonyl (C=O) groups is 1. The molecule has 0 aliphatic rings. The summed E-state index contributed by atoms with van der Waals surface area (Å²) in [4.78, 5) is 20.0. The summed E-state index contributed by atoms with van der Waals surface area (Å²) in [5.74, 6) is -1.30. The Labute approximate surface area is 121 Å². The molecule has 0 saturated carbocycles. The van der Waals surface area contributed by atoms with Crippen molar-refractivity contribution in [2.45, 2.75) is 20.8 Å². The zero-order valence-corrected chi connectivity index (χ0v) is 11.9. The maximum atomic E-state index is 14.1. The summed E-state index contributed by atoms with van der Waals surface area (Å²) in [7, 11) is 0. The van der Waals surface area contributed by atoms with Crippen molar-refractivity contribution in [2.24, 2.45) is 0 Å². The van der Waals surface area contributed by atoms with Gasteiger partial charge in [-0.1, -0.05) is 0 Å². The van der Waals surface area contributed by atoms with Crippen LogP contribution in [0.15, 0.2) is 12.3 Å². The Bertz CT molecular complexity index is 676. The van der Waals surface area contributed by atoms with Gasteiger partial charge in [-0.2, -0.15) is 5.10 Å². The summed E-state index contributed by atoms with van der Waals surface area (Å²) < 4.78 is 14.1. The van der Waals surface area contributed by atoms with Crippen molar-refractivity contribution in [1.29, 1.82) is 0 Å². The first kappa shape index (κ1) is 14.8. The third-order valence-corrected chi connectivity index (χ3v) is 2.80. The highest BCUT2D eigenvalue weighted by Crippen LogP contribution is 2.16. The highest BCUT2D eigenvalue weighted by molar-refractivity contribution is 6.03. The predicted octanol–water partition coefficient (Wildman–Crippen LogP) is 1.71. The van der Waals surface area contributed by atoms with Crippen molar-refractivity contribution >= 4 is 17.7 Å². The van der Waals surface area contributed by atoms with Crippen LogP contribution in [0.3, 0.4) is 0 Å². The summed E-state index contributed by atoms with van der Waals surface area (Å²) >= 11 is 0. The van der Waals surface area contributed by atoms with Crippen molar-refractivity contribution in [3.8, 4) is 0 Å². The van der Waals surface area contributed by atoms with Crippen molar-refractivity contribution < 1.29 is 9.18 Å². The fraction of sp³-hybridized carbons (Fsp3) is 0.308. The summed E-state index contributed by atoms with van der Waals surface area (Å²) in [6.45, 7) is 5.81. The van der Waals surface area contributed by atoms with Gasteiger partial charge in [0.05, 0.1) is 17.0 Å². The van der Waals surface area contributed by atoms with Crippen LogP contribution in [0.4, 0.5) is 16.2 Å². The molecule has 2 aromatic rings. The zero-order chi connectivity index (χ0) is 15.4. The molecule has 0 bridgehead atoms. The SMILES string of the molecule is CCNc1nccc(C(=O)Nc2nnc(C)c(C)n2)c1F. The van der Waals surface area contributed by atoms with Gasteiger partial charge < -0.3 is 5.32 Å². The normalized spacial score (nSPS) is 10.3. The van der Waals surface area contributed by atoms with Gasteiger partial charge in [0.25, 0.3) is 5.91 Å². The maximum absolute atomic E-state index is 14.1. The Balaban J connectivity index is 2.24. The van der Waals surface area contributed by atoms with E-state index < -0.39 is 11.7 Å². The molecule has 0 aromatic carbocycles. The Morgan fingerprint density at radius 1 is 1.29 bits per heavy atom. The molecule has 0 saturated heterocycles. The Morgan fingerprint density at radius 3 is 2.71 bits per heavy atom. The first-order chi connectivity index (χ1) is 10.0. The van der Waals surface area contributed by atoms with Crippen LogP contribution < -0.4 is 10.6 Å². The van der Waals surface area contributed by atoms with E-state index in [-0.39, 0.29) is 17.3 Å². The number of aryl methyl sites for hydroxylation is 2. The number of nitrogens with zero attached hydrogens (tertiary/aromatic N) is 4. The standard InChI is InChI=1S/C13H15FN6O/c1-4-15-11-10(14)9(5-6-16-11)12(21)18-13-17-7(2)8(3)19-20-13/h5-6H,4H2,1-3H3,(H,15,16)(H,17,18,20,21). The molecule has 8 heteroatoms. The molecular formula is C13H15FN6O. The molecule has 0 unspecified atom stereocenters. The van der Waals surface area contributed by atoms with E-state index in [9.17, 15) is 9.18 Å². The second-order valence-electron chi connectivity index (χ2n) is 4.31. The van der Waals surface area contributed by atoms with Crippen LogP contribution in [-0.2, 0) is 0 Å². The van der Waals surface area contributed by atoms with Gasteiger partial charge in [-0.15, -0.1) is 5.10 Å². The minimum Gasteiger partial charge on any atom is -0.368 e. The summed E-state index contributed by atoms with van der Waals surface area (Å²) in [5.41, 5.74) is 1.17. The quantitative estimate of drug-likeness (QED) is 0.890. The fourth-order valence-electron chi connectivity index (χ4n) is 1.59. The van der Waals surface area contributed by atoms with Gasteiger partial charge in [-0.05, 0) is 26.8 Å². The number of aromatic nitrogens is 4. The first-order valence-electron chi connectivity index (χ1n) is 6.40. The van der Waals surface area contributed by atoms with E-state index in [4.69, 9.17) is 0 Å². The predicted molar refractivity (Wildman–Crippen MR) is 75.6 cm³/mol. The second kappa shape index (κ2) is 6.21. The van der Waals surface area contributed by atoms with E-state index in [0.29, 0.717) is 17.9 Å². The molecule has 7 nitrogen and oxygen atoms in total. The van der Waals surface area contributed by atoms with Gasteiger partial charge in [0.15, 0.2) is 11.6 Å². The lowest BCUT2D eigenvalue weighted by Gasteiger charge is -2.08. The number of hydrogen-bond donors (Lipinski definition) is 2. The molecule has 110 valence electrons. The van der Waals surface area contributed by atoms with E-state index in [1.165, 1.54) is 12.3 Å².